The van der Waals surface area contributed by atoms with Crippen molar-refractivity contribution in [1.29, 1.82) is 0 Å². The van der Waals surface area contributed by atoms with Crippen molar-refractivity contribution in [3.05, 3.63) is 12.2 Å². The van der Waals surface area contributed by atoms with Crippen LogP contribution in [0.3, 0.4) is 0 Å². The van der Waals surface area contributed by atoms with Gasteiger partial charge in [-0.25, -0.2) is 4.79 Å². The molecule has 0 unspecified atom stereocenters. The van der Waals surface area contributed by atoms with E-state index in [0.29, 0.717) is 19.2 Å². The fourth-order valence-corrected chi connectivity index (χ4v) is 1.42. The number of rotatable bonds is 2. The molecule has 0 atom stereocenters. The van der Waals surface area contributed by atoms with Gasteiger partial charge in [0.25, 0.3) is 0 Å². The molecule has 0 aromatic rings. The third kappa shape index (κ3) is 4.88. The average Bonchev–Trinajstić information content (AvgIpc) is 2.74. The van der Waals surface area contributed by atoms with Crippen molar-refractivity contribution in [2.24, 2.45) is 0 Å². The molecule has 1 aliphatic heterocycles. The zero-order valence-corrected chi connectivity index (χ0v) is 9.00. The molecule has 0 N–H and O–H groups in total. The van der Waals surface area contributed by atoms with Crippen LogP contribution < -0.4 is 0 Å². The molecule has 1 heterocycles. The minimum absolute atomic E-state index is 0.0411. The van der Waals surface area contributed by atoms with Gasteiger partial charge < -0.3 is 9.64 Å². The summed E-state index contributed by atoms with van der Waals surface area (Å²) in [5.41, 5.74) is 0. The molecule has 4 nitrogen and oxygen atoms in total. The fourth-order valence-electron chi connectivity index (χ4n) is 1.42. The number of amides is 1. The largest absolute Gasteiger partial charge is 0.454 e. The Kier molecular flexibility index (Phi) is 4.53. The maximum absolute atomic E-state index is 11.7. The van der Waals surface area contributed by atoms with E-state index in [1.165, 1.54) is 4.90 Å². The smallest absolute Gasteiger partial charge is 0.409 e. The number of nitrogens with zero attached hydrogens (tertiary/aromatic N) is 1. The molecule has 0 spiro atoms. The van der Waals surface area contributed by atoms with Gasteiger partial charge in [-0.05, 0) is 18.9 Å². The number of esters is 1. The highest BCUT2D eigenvalue weighted by Crippen LogP contribution is 2.15. The van der Waals surface area contributed by atoms with Crippen LogP contribution in [0.2, 0.25) is 0 Å². The summed E-state index contributed by atoms with van der Waals surface area (Å²) in [5.74, 6) is -1.90. The molecule has 17 heavy (non-hydrogen) atoms. The van der Waals surface area contributed by atoms with Gasteiger partial charge in [-0.3, -0.25) is 4.79 Å². The minimum atomic E-state index is -4.44. The van der Waals surface area contributed by atoms with Gasteiger partial charge in [0.05, 0.1) is 0 Å². The number of hydrogen-bond donors (Lipinski definition) is 0. The van der Waals surface area contributed by atoms with Gasteiger partial charge in [-0.2, -0.15) is 13.2 Å². The zero-order valence-electron chi connectivity index (χ0n) is 9.00. The van der Waals surface area contributed by atoms with Crippen LogP contribution in [0.1, 0.15) is 12.8 Å². The number of carbonyl (C=O) groups excluding carboxylic acids is 2. The van der Waals surface area contributed by atoms with Crippen LogP contribution in [0.25, 0.3) is 0 Å². The Bertz CT molecular complexity index is 319. The number of alkyl halides is 3. The summed E-state index contributed by atoms with van der Waals surface area (Å²) in [7, 11) is 0. The van der Waals surface area contributed by atoms with E-state index in [9.17, 15) is 22.8 Å². The lowest BCUT2D eigenvalue weighted by Gasteiger charge is -2.13. The summed E-state index contributed by atoms with van der Waals surface area (Å²) in [6.07, 6.45) is -2.18. The minimum Gasteiger partial charge on any atom is -0.454 e. The highest BCUT2D eigenvalue weighted by molar-refractivity contribution is 6.32. The van der Waals surface area contributed by atoms with E-state index in [4.69, 9.17) is 0 Å². The standard InChI is InChI=1S/C10H12F3NO3/c11-10(12,13)4-3-7-17-9(16)8(15)14-5-1-2-6-14/h3-4H,1-2,5-7H2/b4-3+. The van der Waals surface area contributed by atoms with Crippen molar-refractivity contribution >= 4 is 11.9 Å². The van der Waals surface area contributed by atoms with Gasteiger partial charge in [0.1, 0.15) is 6.61 Å². The third-order valence-corrected chi connectivity index (χ3v) is 2.19. The van der Waals surface area contributed by atoms with E-state index in [1.54, 1.807) is 0 Å². The molecule has 1 amide bonds. The molecule has 0 bridgehead atoms. The Labute approximate surface area is 96.0 Å². The van der Waals surface area contributed by atoms with Crippen LogP contribution in [0.15, 0.2) is 12.2 Å². The van der Waals surface area contributed by atoms with Crippen LogP contribution >= 0.6 is 0 Å². The van der Waals surface area contributed by atoms with Crippen LogP contribution in [0.5, 0.6) is 0 Å². The first-order chi connectivity index (χ1) is 7.90. The zero-order chi connectivity index (χ0) is 12.9. The predicted molar refractivity (Wildman–Crippen MR) is 52.0 cm³/mol. The topological polar surface area (TPSA) is 46.6 Å². The molecular weight excluding hydrogens is 239 g/mol. The summed E-state index contributed by atoms with van der Waals surface area (Å²) < 4.78 is 39.4. The summed E-state index contributed by atoms with van der Waals surface area (Å²) >= 11 is 0. The first-order valence-corrected chi connectivity index (χ1v) is 5.10. The number of ether oxygens (including phenoxy) is 1. The molecule has 1 rings (SSSR count). The van der Waals surface area contributed by atoms with Gasteiger partial charge >= 0.3 is 18.1 Å². The summed E-state index contributed by atoms with van der Waals surface area (Å²) in [6, 6.07) is 0. The molecule has 1 aliphatic rings. The van der Waals surface area contributed by atoms with Gasteiger partial charge in [-0.1, -0.05) is 0 Å². The highest BCUT2D eigenvalue weighted by Gasteiger charge is 2.26. The van der Waals surface area contributed by atoms with Crippen LogP contribution in [0, 0.1) is 0 Å². The molecule has 0 saturated carbocycles. The third-order valence-electron chi connectivity index (χ3n) is 2.19. The average molecular weight is 251 g/mol. The molecule has 0 aromatic heterocycles. The molecule has 0 radical (unpaired) electrons. The molecule has 96 valence electrons. The first kappa shape index (κ1) is 13.5. The van der Waals surface area contributed by atoms with E-state index in [0.717, 1.165) is 12.8 Å². The Morgan fingerprint density at radius 1 is 1.24 bits per heavy atom. The maximum Gasteiger partial charge on any atom is 0.409 e. The van der Waals surface area contributed by atoms with Gasteiger partial charge in [0.15, 0.2) is 0 Å². The van der Waals surface area contributed by atoms with Crippen molar-refractivity contribution in [2.45, 2.75) is 19.0 Å². The summed E-state index contributed by atoms with van der Waals surface area (Å²) in [6.45, 7) is 0.427. The van der Waals surface area contributed by atoms with Crippen LogP contribution in [-0.2, 0) is 14.3 Å². The van der Waals surface area contributed by atoms with Crippen molar-refractivity contribution in [3.63, 3.8) is 0 Å². The van der Waals surface area contributed by atoms with E-state index in [2.05, 4.69) is 4.74 Å². The monoisotopic (exact) mass is 251 g/mol. The highest BCUT2D eigenvalue weighted by atomic mass is 19.4. The Morgan fingerprint density at radius 2 is 1.82 bits per heavy atom. The summed E-state index contributed by atoms with van der Waals surface area (Å²) in [4.78, 5) is 23.8. The van der Waals surface area contributed by atoms with E-state index in [-0.39, 0.29) is 6.08 Å². The van der Waals surface area contributed by atoms with Crippen LogP contribution in [0.4, 0.5) is 13.2 Å². The van der Waals surface area contributed by atoms with Gasteiger partial charge in [-0.15, -0.1) is 0 Å². The number of allylic oxidation sites excluding steroid dienone is 1. The van der Waals surface area contributed by atoms with Crippen molar-refractivity contribution < 1.29 is 27.5 Å². The van der Waals surface area contributed by atoms with E-state index < -0.39 is 24.7 Å². The molecule has 1 fully saturated rings. The second kappa shape index (κ2) is 5.70. The maximum atomic E-state index is 11.7. The molecule has 0 aromatic carbocycles. The van der Waals surface area contributed by atoms with Crippen molar-refractivity contribution in [3.8, 4) is 0 Å². The second-order valence-corrected chi connectivity index (χ2v) is 3.54. The molecule has 7 heteroatoms. The molecular formula is C10H12F3NO3. The first-order valence-electron chi connectivity index (χ1n) is 5.10. The lowest BCUT2D eigenvalue weighted by Crippen LogP contribution is -2.35. The fraction of sp³-hybridized carbons (Fsp3) is 0.600. The summed E-state index contributed by atoms with van der Waals surface area (Å²) in [5, 5.41) is 0. The lowest BCUT2D eigenvalue weighted by molar-refractivity contribution is -0.158. The van der Waals surface area contributed by atoms with E-state index >= 15 is 0 Å². The quantitative estimate of drug-likeness (QED) is 0.422. The SMILES string of the molecule is O=C(OC/C=C/C(F)(F)F)C(=O)N1CCCC1. The number of carbonyl (C=O) groups is 2. The predicted octanol–water partition coefficient (Wildman–Crippen LogP) is 1.27. The number of hydrogen-bond acceptors (Lipinski definition) is 3. The van der Waals surface area contributed by atoms with E-state index in [1.807, 2.05) is 0 Å². The number of likely N-dealkylation sites (tertiary alicyclic amines) is 1. The van der Waals surface area contributed by atoms with Gasteiger partial charge in [0.2, 0.25) is 0 Å². The molecule has 0 aliphatic carbocycles. The molecule has 1 saturated heterocycles. The second-order valence-electron chi connectivity index (χ2n) is 3.54. The number of halogens is 3. The Balaban J connectivity index is 2.29. The Hall–Kier alpha value is -1.53. The van der Waals surface area contributed by atoms with Gasteiger partial charge in [0, 0.05) is 19.2 Å². The van der Waals surface area contributed by atoms with Crippen molar-refractivity contribution in [2.75, 3.05) is 19.7 Å². The van der Waals surface area contributed by atoms with Crippen LogP contribution in [-0.4, -0.2) is 42.6 Å². The Morgan fingerprint density at radius 3 is 2.35 bits per heavy atom. The normalized spacial score (nSPS) is 16.5. The lowest BCUT2D eigenvalue weighted by atomic mass is 10.4. The van der Waals surface area contributed by atoms with Crippen molar-refractivity contribution in [1.82, 2.24) is 4.90 Å².